The zero-order valence-corrected chi connectivity index (χ0v) is 21.3. The van der Waals surface area contributed by atoms with Crippen molar-refractivity contribution < 1.29 is 13.6 Å². The molecule has 0 atom stereocenters. The molecule has 1 saturated heterocycles. The van der Waals surface area contributed by atoms with Crippen molar-refractivity contribution in [1.82, 2.24) is 34.6 Å². The number of hydrogen-bond acceptors (Lipinski definition) is 7. The Morgan fingerprint density at radius 1 is 1.16 bits per heavy atom. The highest BCUT2D eigenvalue weighted by molar-refractivity contribution is 5.95. The van der Waals surface area contributed by atoms with Gasteiger partial charge in [0.05, 0.1) is 6.33 Å². The van der Waals surface area contributed by atoms with E-state index >= 15 is 8.78 Å². The SMILES string of the molecule is Cc1cc(Nc2nc(N(C)c3c(F)cc(C(=O)N4CCC4)cc3F)nc(-c3cn(C)cn3)c2C2CC2)n[nH]1. The van der Waals surface area contributed by atoms with E-state index in [0.717, 1.165) is 42.7 Å². The Morgan fingerprint density at radius 2 is 1.89 bits per heavy atom. The van der Waals surface area contributed by atoms with Crippen molar-refractivity contribution in [3.63, 3.8) is 0 Å². The lowest BCUT2D eigenvalue weighted by atomic mass is 10.1. The van der Waals surface area contributed by atoms with E-state index in [0.29, 0.717) is 36.1 Å². The molecule has 38 heavy (non-hydrogen) atoms. The number of aromatic nitrogens is 6. The summed E-state index contributed by atoms with van der Waals surface area (Å²) in [6, 6.07) is 3.98. The third kappa shape index (κ3) is 4.35. The van der Waals surface area contributed by atoms with Crippen LogP contribution in [0.25, 0.3) is 11.4 Å². The van der Waals surface area contributed by atoms with Crippen LogP contribution in [-0.2, 0) is 7.05 Å². The first-order valence-corrected chi connectivity index (χ1v) is 12.5. The summed E-state index contributed by atoms with van der Waals surface area (Å²) >= 11 is 0. The fraction of sp³-hybridized carbons (Fsp3) is 0.346. The van der Waals surface area contributed by atoms with Crippen LogP contribution < -0.4 is 10.2 Å². The summed E-state index contributed by atoms with van der Waals surface area (Å²) in [7, 11) is 3.36. The van der Waals surface area contributed by atoms with Gasteiger partial charge < -0.3 is 19.7 Å². The van der Waals surface area contributed by atoms with E-state index in [2.05, 4.69) is 20.5 Å². The Morgan fingerprint density at radius 3 is 2.45 bits per heavy atom. The highest BCUT2D eigenvalue weighted by Crippen LogP contribution is 2.48. The summed E-state index contributed by atoms with van der Waals surface area (Å²) in [6.07, 6.45) is 6.36. The second-order valence-corrected chi connectivity index (χ2v) is 9.89. The van der Waals surface area contributed by atoms with Crippen LogP contribution in [0.4, 0.5) is 32.1 Å². The number of benzene rings is 1. The number of nitrogens with one attached hydrogen (secondary N) is 2. The lowest BCUT2D eigenvalue weighted by molar-refractivity contribution is 0.0651. The summed E-state index contributed by atoms with van der Waals surface area (Å²) in [4.78, 5) is 29.3. The van der Waals surface area contributed by atoms with E-state index in [1.807, 2.05) is 30.8 Å². The van der Waals surface area contributed by atoms with Crippen LogP contribution in [0.2, 0.25) is 0 Å². The molecule has 2 aliphatic rings. The Bertz CT molecular complexity index is 1510. The minimum Gasteiger partial charge on any atom is -0.340 e. The summed E-state index contributed by atoms with van der Waals surface area (Å²) < 4.78 is 32.5. The molecular formula is C26H27F2N9O. The maximum atomic E-state index is 15.3. The minimum absolute atomic E-state index is 0.0210. The monoisotopic (exact) mass is 519 g/mol. The van der Waals surface area contributed by atoms with Crippen molar-refractivity contribution >= 4 is 29.2 Å². The van der Waals surface area contributed by atoms with E-state index < -0.39 is 11.6 Å². The van der Waals surface area contributed by atoms with Gasteiger partial charge in [-0.3, -0.25) is 9.89 Å². The van der Waals surface area contributed by atoms with Gasteiger partial charge in [-0.15, -0.1) is 0 Å². The number of imidazole rings is 1. The fourth-order valence-electron chi connectivity index (χ4n) is 4.61. The lowest BCUT2D eigenvalue weighted by Gasteiger charge is -2.31. The number of likely N-dealkylation sites (tertiary alicyclic amines) is 1. The first kappa shape index (κ1) is 24.0. The Hall–Kier alpha value is -4.35. The van der Waals surface area contributed by atoms with Crippen LogP contribution >= 0.6 is 0 Å². The molecule has 6 rings (SSSR count). The highest BCUT2D eigenvalue weighted by atomic mass is 19.1. The molecule has 0 radical (unpaired) electrons. The molecule has 1 saturated carbocycles. The van der Waals surface area contributed by atoms with Gasteiger partial charge in [0.2, 0.25) is 5.95 Å². The summed E-state index contributed by atoms with van der Waals surface area (Å²) in [5, 5.41) is 10.4. The second-order valence-electron chi connectivity index (χ2n) is 9.89. The number of rotatable bonds is 7. The maximum Gasteiger partial charge on any atom is 0.254 e. The number of amides is 1. The quantitative estimate of drug-likeness (QED) is 0.372. The van der Waals surface area contributed by atoms with Gasteiger partial charge in [0.1, 0.15) is 22.9 Å². The summed E-state index contributed by atoms with van der Waals surface area (Å²) in [5.41, 5.74) is 2.60. The molecule has 4 heterocycles. The molecule has 2 fully saturated rings. The van der Waals surface area contributed by atoms with E-state index in [9.17, 15) is 4.79 Å². The first-order chi connectivity index (χ1) is 18.3. The highest BCUT2D eigenvalue weighted by Gasteiger charge is 2.34. The number of aromatic amines is 1. The number of anilines is 4. The van der Waals surface area contributed by atoms with Gasteiger partial charge in [-0.1, -0.05) is 0 Å². The van der Waals surface area contributed by atoms with Gasteiger partial charge in [-0.25, -0.2) is 18.7 Å². The zero-order valence-electron chi connectivity index (χ0n) is 21.3. The molecule has 2 N–H and O–H groups in total. The maximum absolute atomic E-state index is 15.3. The summed E-state index contributed by atoms with van der Waals surface area (Å²) in [6.45, 7) is 3.07. The number of carbonyl (C=O) groups excluding carboxylic acids is 1. The van der Waals surface area contributed by atoms with Crippen LogP contribution in [0.3, 0.4) is 0 Å². The van der Waals surface area contributed by atoms with Crippen LogP contribution in [0.15, 0.2) is 30.7 Å². The molecule has 0 unspecified atom stereocenters. The Balaban J connectivity index is 1.45. The molecule has 0 bridgehead atoms. The fourth-order valence-corrected chi connectivity index (χ4v) is 4.61. The van der Waals surface area contributed by atoms with Gasteiger partial charge in [-0.2, -0.15) is 10.1 Å². The Kier molecular flexibility index (Phi) is 5.81. The second kappa shape index (κ2) is 9.19. The number of halogens is 2. The van der Waals surface area contributed by atoms with Crippen molar-refractivity contribution in [3.8, 4) is 11.4 Å². The van der Waals surface area contributed by atoms with Crippen molar-refractivity contribution in [2.45, 2.75) is 32.1 Å². The number of carbonyl (C=O) groups is 1. The third-order valence-corrected chi connectivity index (χ3v) is 6.86. The molecule has 0 spiro atoms. The molecule has 3 aromatic heterocycles. The molecular weight excluding hydrogens is 492 g/mol. The van der Waals surface area contributed by atoms with E-state index in [4.69, 9.17) is 9.97 Å². The van der Waals surface area contributed by atoms with Crippen molar-refractivity contribution in [1.29, 1.82) is 0 Å². The molecule has 1 aliphatic heterocycles. The Labute approximate surface area is 217 Å². The van der Waals surface area contributed by atoms with Gasteiger partial charge >= 0.3 is 0 Å². The molecule has 10 nitrogen and oxygen atoms in total. The van der Waals surface area contributed by atoms with Gasteiger partial charge in [0, 0.05) is 56.3 Å². The summed E-state index contributed by atoms with van der Waals surface area (Å²) in [5.74, 6) is -0.756. The van der Waals surface area contributed by atoms with Gasteiger partial charge in [0.15, 0.2) is 17.5 Å². The largest absolute Gasteiger partial charge is 0.340 e. The predicted molar refractivity (Wildman–Crippen MR) is 138 cm³/mol. The van der Waals surface area contributed by atoms with Gasteiger partial charge in [-0.05, 0) is 44.2 Å². The van der Waals surface area contributed by atoms with Crippen molar-refractivity contribution in [2.75, 3.05) is 30.4 Å². The van der Waals surface area contributed by atoms with Crippen molar-refractivity contribution in [3.05, 3.63) is 59.2 Å². The number of hydrogen-bond donors (Lipinski definition) is 2. The average molecular weight is 520 g/mol. The third-order valence-electron chi connectivity index (χ3n) is 6.86. The lowest BCUT2D eigenvalue weighted by Crippen LogP contribution is -2.42. The van der Waals surface area contributed by atoms with E-state index in [-0.39, 0.29) is 29.0 Å². The predicted octanol–water partition coefficient (Wildman–Crippen LogP) is 4.42. The normalized spacial score (nSPS) is 14.9. The average Bonchev–Trinajstić information content (AvgIpc) is 3.46. The molecule has 1 aromatic carbocycles. The standard InChI is InChI=1S/C26H27F2N9O/c1-14-9-20(34-33-14)30-24-21(15-5-6-15)22(19-12-35(2)13-29-19)31-26(32-24)36(3)23-17(27)10-16(11-18(23)28)25(38)37-7-4-8-37/h9-13,15H,4-8H2,1-3H3,(H2,30,31,32,33,34). The molecule has 196 valence electrons. The zero-order chi connectivity index (χ0) is 26.6. The van der Waals surface area contributed by atoms with Crippen LogP contribution in [0.1, 0.15) is 46.8 Å². The molecule has 12 heteroatoms. The molecule has 4 aromatic rings. The van der Waals surface area contributed by atoms with Crippen LogP contribution in [-0.4, -0.2) is 60.7 Å². The number of H-pyrrole nitrogens is 1. The van der Waals surface area contributed by atoms with Crippen molar-refractivity contribution in [2.24, 2.45) is 7.05 Å². The topological polar surface area (TPSA) is 108 Å². The minimum atomic E-state index is -0.872. The van der Waals surface area contributed by atoms with Gasteiger partial charge in [0.25, 0.3) is 5.91 Å². The molecule has 1 amide bonds. The van der Waals surface area contributed by atoms with E-state index in [1.54, 1.807) is 11.2 Å². The number of nitrogens with zero attached hydrogens (tertiary/aromatic N) is 7. The smallest absolute Gasteiger partial charge is 0.254 e. The first-order valence-electron chi connectivity index (χ1n) is 12.5. The molecule has 1 aliphatic carbocycles. The van der Waals surface area contributed by atoms with Crippen LogP contribution in [0.5, 0.6) is 0 Å². The van der Waals surface area contributed by atoms with E-state index in [1.165, 1.54) is 11.9 Å². The van der Waals surface area contributed by atoms with Crippen LogP contribution in [0, 0.1) is 18.6 Å². The number of aryl methyl sites for hydroxylation is 2.